The Balaban J connectivity index is 2.48. The fraction of sp³-hybridized carbons (Fsp3) is 0.500. The second kappa shape index (κ2) is 6.40. The van der Waals surface area contributed by atoms with Crippen molar-refractivity contribution in [3.63, 3.8) is 0 Å². The van der Waals surface area contributed by atoms with E-state index in [-0.39, 0.29) is 12.1 Å². The van der Waals surface area contributed by atoms with Crippen LogP contribution in [0, 0.1) is 5.92 Å². The Kier molecular flexibility index (Phi) is 5.16. The van der Waals surface area contributed by atoms with E-state index in [9.17, 15) is 4.79 Å². The summed E-state index contributed by atoms with van der Waals surface area (Å²) in [4.78, 5) is 11.7. The maximum atomic E-state index is 11.7. The highest BCUT2D eigenvalue weighted by molar-refractivity contribution is 5.76. The third kappa shape index (κ3) is 4.57. The molecule has 2 N–H and O–H groups in total. The Bertz CT molecular complexity index is 348. The van der Waals surface area contributed by atoms with Gasteiger partial charge in [0.05, 0.1) is 0 Å². The Morgan fingerprint density at radius 3 is 2.35 bits per heavy atom. The average molecular weight is 235 g/mol. The number of hydrogen-bond donors (Lipinski definition) is 1. The van der Waals surface area contributed by atoms with E-state index in [4.69, 9.17) is 10.5 Å². The van der Waals surface area contributed by atoms with Gasteiger partial charge in [0.25, 0.3) is 0 Å². The van der Waals surface area contributed by atoms with E-state index >= 15 is 0 Å². The van der Waals surface area contributed by atoms with E-state index in [0.717, 1.165) is 5.56 Å². The predicted molar refractivity (Wildman–Crippen MR) is 68.5 cm³/mol. The molecule has 1 aromatic carbocycles. The maximum Gasteiger partial charge on any atom is 0.323 e. The molecule has 1 aromatic rings. The summed E-state index contributed by atoms with van der Waals surface area (Å²) in [6.45, 7) is 5.92. The van der Waals surface area contributed by atoms with Gasteiger partial charge in [0, 0.05) is 0 Å². The van der Waals surface area contributed by atoms with Crippen molar-refractivity contribution in [2.45, 2.75) is 39.3 Å². The summed E-state index contributed by atoms with van der Waals surface area (Å²) in [6, 6.07) is 9.14. The molecule has 0 amide bonds. The van der Waals surface area contributed by atoms with Gasteiger partial charge >= 0.3 is 5.97 Å². The molecule has 0 aliphatic rings. The van der Waals surface area contributed by atoms with Crippen molar-refractivity contribution in [2.75, 3.05) is 0 Å². The number of carbonyl (C=O) groups is 1. The van der Waals surface area contributed by atoms with Gasteiger partial charge in [-0.15, -0.1) is 0 Å². The predicted octanol–water partition coefficient (Wildman–Crippen LogP) is 2.14. The van der Waals surface area contributed by atoms with Gasteiger partial charge in [-0.05, 0) is 24.8 Å². The highest BCUT2D eigenvalue weighted by Gasteiger charge is 2.19. The van der Waals surface area contributed by atoms with Gasteiger partial charge in [-0.25, -0.2) is 0 Å². The Hall–Kier alpha value is -1.35. The van der Waals surface area contributed by atoms with Crippen LogP contribution in [0.25, 0.3) is 0 Å². The average Bonchev–Trinajstić information content (AvgIpc) is 2.29. The molecule has 17 heavy (non-hydrogen) atoms. The molecule has 0 saturated carbocycles. The lowest BCUT2D eigenvalue weighted by Gasteiger charge is -2.19. The Morgan fingerprint density at radius 2 is 1.82 bits per heavy atom. The van der Waals surface area contributed by atoms with Crippen LogP contribution >= 0.6 is 0 Å². The summed E-state index contributed by atoms with van der Waals surface area (Å²) in [5.74, 6) is -0.0158. The second-order valence-corrected chi connectivity index (χ2v) is 4.68. The van der Waals surface area contributed by atoms with E-state index in [2.05, 4.69) is 0 Å². The highest BCUT2D eigenvalue weighted by atomic mass is 16.5. The van der Waals surface area contributed by atoms with Gasteiger partial charge in [0.1, 0.15) is 12.1 Å². The third-order valence-electron chi connectivity index (χ3n) is 2.84. The molecule has 0 fully saturated rings. The molecule has 0 aliphatic carbocycles. The number of rotatable bonds is 5. The molecule has 2 unspecified atom stereocenters. The first-order valence-corrected chi connectivity index (χ1v) is 6.00. The van der Waals surface area contributed by atoms with Crippen LogP contribution in [-0.2, 0) is 16.0 Å². The lowest BCUT2D eigenvalue weighted by Crippen LogP contribution is -2.37. The zero-order chi connectivity index (χ0) is 12.8. The summed E-state index contributed by atoms with van der Waals surface area (Å²) < 4.78 is 5.28. The quantitative estimate of drug-likeness (QED) is 0.795. The van der Waals surface area contributed by atoms with Gasteiger partial charge in [0.2, 0.25) is 0 Å². The second-order valence-electron chi connectivity index (χ2n) is 4.68. The van der Waals surface area contributed by atoms with Crippen molar-refractivity contribution < 1.29 is 9.53 Å². The van der Waals surface area contributed by atoms with Gasteiger partial charge in [-0.2, -0.15) is 0 Å². The van der Waals surface area contributed by atoms with Crippen LogP contribution in [-0.4, -0.2) is 18.1 Å². The zero-order valence-electron chi connectivity index (χ0n) is 10.7. The standard InChI is InChI=1S/C14H21NO2/c1-10(2)11(3)17-14(16)13(15)9-12-7-5-4-6-8-12/h4-8,10-11,13H,9,15H2,1-3H3. The summed E-state index contributed by atoms with van der Waals surface area (Å²) in [7, 11) is 0. The lowest BCUT2D eigenvalue weighted by molar-refractivity contribution is -0.151. The number of carbonyl (C=O) groups excluding carboxylic acids is 1. The lowest BCUT2D eigenvalue weighted by atomic mass is 10.1. The van der Waals surface area contributed by atoms with Gasteiger partial charge in [-0.1, -0.05) is 44.2 Å². The largest absolute Gasteiger partial charge is 0.461 e. The third-order valence-corrected chi connectivity index (χ3v) is 2.84. The molecule has 0 radical (unpaired) electrons. The summed E-state index contributed by atoms with van der Waals surface area (Å²) in [5.41, 5.74) is 6.87. The number of nitrogens with two attached hydrogens (primary N) is 1. The highest BCUT2D eigenvalue weighted by Crippen LogP contribution is 2.08. The number of hydrogen-bond acceptors (Lipinski definition) is 3. The van der Waals surface area contributed by atoms with Crippen LogP contribution in [0.15, 0.2) is 30.3 Å². The minimum Gasteiger partial charge on any atom is -0.461 e. The molecular weight excluding hydrogens is 214 g/mol. The smallest absolute Gasteiger partial charge is 0.323 e. The van der Waals surface area contributed by atoms with Crippen molar-refractivity contribution in [2.24, 2.45) is 11.7 Å². The molecule has 94 valence electrons. The Morgan fingerprint density at radius 1 is 1.24 bits per heavy atom. The first-order chi connectivity index (χ1) is 8.00. The van der Waals surface area contributed by atoms with E-state index < -0.39 is 6.04 Å². The number of esters is 1. The zero-order valence-corrected chi connectivity index (χ0v) is 10.7. The van der Waals surface area contributed by atoms with E-state index in [1.807, 2.05) is 51.1 Å². The molecule has 1 rings (SSSR count). The molecule has 3 nitrogen and oxygen atoms in total. The van der Waals surface area contributed by atoms with Crippen molar-refractivity contribution in [3.05, 3.63) is 35.9 Å². The van der Waals surface area contributed by atoms with Crippen molar-refractivity contribution in [1.29, 1.82) is 0 Å². The van der Waals surface area contributed by atoms with Crippen molar-refractivity contribution >= 4 is 5.97 Å². The number of ether oxygens (including phenoxy) is 1. The molecule has 3 heteroatoms. The monoisotopic (exact) mass is 235 g/mol. The van der Waals surface area contributed by atoms with Crippen LogP contribution in [0.1, 0.15) is 26.3 Å². The van der Waals surface area contributed by atoms with E-state index in [1.165, 1.54) is 0 Å². The van der Waals surface area contributed by atoms with Crippen LogP contribution < -0.4 is 5.73 Å². The van der Waals surface area contributed by atoms with Crippen molar-refractivity contribution in [3.8, 4) is 0 Å². The van der Waals surface area contributed by atoms with Crippen molar-refractivity contribution in [1.82, 2.24) is 0 Å². The summed E-state index contributed by atoms with van der Waals surface area (Å²) in [5, 5.41) is 0. The van der Waals surface area contributed by atoms with E-state index in [1.54, 1.807) is 0 Å². The minimum atomic E-state index is -0.585. The SMILES string of the molecule is CC(C)C(C)OC(=O)C(N)Cc1ccccc1. The maximum absolute atomic E-state index is 11.7. The van der Waals surface area contributed by atoms with Crippen LogP contribution in [0.2, 0.25) is 0 Å². The van der Waals surface area contributed by atoms with Crippen LogP contribution in [0.4, 0.5) is 0 Å². The minimum absolute atomic E-state index is 0.0932. The van der Waals surface area contributed by atoms with Gasteiger partial charge < -0.3 is 10.5 Å². The van der Waals surface area contributed by atoms with Gasteiger partial charge in [-0.3, -0.25) is 4.79 Å². The molecule has 0 heterocycles. The van der Waals surface area contributed by atoms with E-state index in [0.29, 0.717) is 12.3 Å². The molecule has 2 atom stereocenters. The van der Waals surface area contributed by atoms with Crippen LogP contribution in [0.3, 0.4) is 0 Å². The van der Waals surface area contributed by atoms with Gasteiger partial charge in [0.15, 0.2) is 0 Å². The molecule has 0 aliphatic heterocycles. The molecule has 0 spiro atoms. The molecule has 0 bridgehead atoms. The molecule has 0 aromatic heterocycles. The molecular formula is C14H21NO2. The number of benzene rings is 1. The normalized spacial score (nSPS) is 14.4. The fourth-order valence-electron chi connectivity index (χ4n) is 1.36. The first kappa shape index (κ1) is 13.7. The first-order valence-electron chi connectivity index (χ1n) is 6.00. The fourth-order valence-corrected chi connectivity index (χ4v) is 1.36. The van der Waals surface area contributed by atoms with Crippen LogP contribution in [0.5, 0.6) is 0 Å². The molecule has 0 saturated heterocycles. The summed E-state index contributed by atoms with van der Waals surface area (Å²) >= 11 is 0. The summed E-state index contributed by atoms with van der Waals surface area (Å²) in [6.07, 6.45) is 0.425. The Labute approximate surface area is 103 Å². The topological polar surface area (TPSA) is 52.3 Å².